The molecule has 1 aromatic heterocycles. The standard InChI is InChI=1S/C14H17NO2/c1-10-2-4-11(5-3-10)13-6-7-14(17-13)12(16)8-9-15/h2-7,12,16H,8-9,15H2,1H3/t12-/m1/s1. The van der Waals surface area contributed by atoms with E-state index in [0.717, 1.165) is 11.3 Å². The molecule has 0 saturated heterocycles. The number of aryl methyl sites for hydroxylation is 1. The zero-order valence-electron chi connectivity index (χ0n) is 9.89. The lowest BCUT2D eigenvalue weighted by molar-refractivity contribution is 0.144. The monoisotopic (exact) mass is 231 g/mol. The Hall–Kier alpha value is -1.58. The summed E-state index contributed by atoms with van der Waals surface area (Å²) in [6.45, 7) is 2.49. The molecule has 90 valence electrons. The van der Waals surface area contributed by atoms with Gasteiger partial charge in [-0.3, -0.25) is 0 Å². The number of benzene rings is 1. The second-order valence-corrected chi connectivity index (χ2v) is 4.16. The minimum Gasteiger partial charge on any atom is -0.458 e. The van der Waals surface area contributed by atoms with E-state index in [1.54, 1.807) is 6.07 Å². The molecule has 0 spiro atoms. The van der Waals surface area contributed by atoms with Crippen LogP contribution in [0.2, 0.25) is 0 Å². The Bertz CT molecular complexity index is 473. The van der Waals surface area contributed by atoms with E-state index in [2.05, 4.69) is 0 Å². The Kier molecular flexibility index (Phi) is 3.61. The second-order valence-electron chi connectivity index (χ2n) is 4.16. The quantitative estimate of drug-likeness (QED) is 0.850. The maximum Gasteiger partial charge on any atom is 0.134 e. The molecule has 1 atom stereocenters. The molecule has 0 radical (unpaired) electrons. The van der Waals surface area contributed by atoms with E-state index in [0.29, 0.717) is 18.7 Å². The largest absolute Gasteiger partial charge is 0.458 e. The first-order valence-electron chi connectivity index (χ1n) is 5.75. The van der Waals surface area contributed by atoms with Gasteiger partial charge >= 0.3 is 0 Å². The van der Waals surface area contributed by atoms with Crippen LogP contribution in [0.1, 0.15) is 23.8 Å². The van der Waals surface area contributed by atoms with Crippen molar-refractivity contribution in [2.24, 2.45) is 5.73 Å². The number of hydrogen-bond acceptors (Lipinski definition) is 3. The number of rotatable bonds is 4. The molecule has 0 saturated carbocycles. The van der Waals surface area contributed by atoms with Crippen molar-refractivity contribution in [2.45, 2.75) is 19.4 Å². The highest BCUT2D eigenvalue weighted by molar-refractivity contribution is 5.57. The van der Waals surface area contributed by atoms with Gasteiger partial charge in [-0.15, -0.1) is 0 Å². The SMILES string of the molecule is Cc1ccc(-c2ccc([C@H](O)CCN)o2)cc1. The molecule has 0 bridgehead atoms. The van der Waals surface area contributed by atoms with Gasteiger partial charge in [-0.05, 0) is 32.0 Å². The molecular weight excluding hydrogens is 214 g/mol. The Balaban J connectivity index is 2.20. The van der Waals surface area contributed by atoms with Gasteiger partial charge in [-0.1, -0.05) is 29.8 Å². The molecular formula is C14H17NO2. The molecule has 0 aliphatic carbocycles. The van der Waals surface area contributed by atoms with Crippen LogP contribution in [0.15, 0.2) is 40.8 Å². The van der Waals surface area contributed by atoms with Crippen LogP contribution in [0, 0.1) is 6.92 Å². The molecule has 1 heterocycles. The van der Waals surface area contributed by atoms with Crippen LogP contribution in [-0.4, -0.2) is 11.7 Å². The summed E-state index contributed by atoms with van der Waals surface area (Å²) in [5, 5.41) is 9.75. The van der Waals surface area contributed by atoms with Gasteiger partial charge in [-0.2, -0.15) is 0 Å². The molecule has 0 unspecified atom stereocenters. The van der Waals surface area contributed by atoms with Gasteiger partial charge in [0.25, 0.3) is 0 Å². The zero-order valence-corrected chi connectivity index (χ0v) is 9.89. The third-order valence-corrected chi connectivity index (χ3v) is 2.73. The van der Waals surface area contributed by atoms with Gasteiger partial charge in [0.2, 0.25) is 0 Å². The fraction of sp³-hybridized carbons (Fsp3) is 0.286. The van der Waals surface area contributed by atoms with Crippen LogP contribution >= 0.6 is 0 Å². The maximum absolute atomic E-state index is 9.75. The third kappa shape index (κ3) is 2.75. The van der Waals surface area contributed by atoms with Crippen LogP contribution < -0.4 is 5.73 Å². The van der Waals surface area contributed by atoms with Gasteiger partial charge < -0.3 is 15.3 Å². The Morgan fingerprint density at radius 1 is 1.18 bits per heavy atom. The smallest absolute Gasteiger partial charge is 0.134 e. The van der Waals surface area contributed by atoms with Crippen molar-refractivity contribution in [1.82, 2.24) is 0 Å². The lowest BCUT2D eigenvalue weighted by atomic mass is 10.1. The van der Waals surface area contributed by atoms with E-state index < -0.39 is 6.10 Å². The van der Waals surface area contributed by atoms with Crippen molar-refractivity contribution in [3.05, 3.63) is 47.7 Å². The van der Waals surface area contributed by atoms with E-state index in [1.807, 2.05) is 37.3 Å². The van der Waals surface area contributed by atoms with Gasteiger partial charge in [0.15, 0.2) is 0 Å². The molecule has 0 aliphatic rings. The van der Waals surface area contributed by atoms with Crippen LogP contribution in [0.4, 0.5) is 0 Å². The summed E-state index contributed by atoms with van der Waals surface area (Å²) in [7, 11) is 0. The highest BCUT2D eigenvalue weighted by Gasteiger charge is 2.12. The number of aliphatic hydroxyl groups is 1. The number of furan rings is 1. The Morgan fingerprint density at radius 3 is 2.53 bits per heavy atom. The minimum atomic E-state index is -0.612. The summed E-state index contributed by atoms with van der Waals surface area (Å²) < 4.78 is 5.62. The van der Waals surface area contributed by atoms with Crippen LogP contribution in [0.3, 0.4) is 0 Å². The number of hydrogen-bond donors (Lipinski definition) is 2. The van der Waals surface area contributed by atoms with E-state index in [4.69, 9.17) is 10.2 Å². The maximum atomic E-state index is 9.75. The molecule has 2 rings (SSSR count). The van der Waals surface area contributed by atoms with E-state index in [1.165, 1.54) is 5.56 Å². The summed E-state index contributed by atoms with van der Waals surface area (Å²) in [6.07, 6.45) is -0.0971. The average Bonchev–Trinajstić information content (AvgIpc) is 2.80. The van der Waals surface area contributed by atoms with Crippen molar-refractivity contribution < 1.29 is 9.52 Å². The molecule has 0 fully saturated rings. The van der Waals surface area contributed by atoms with Crippen molar-refractivity contribution in [1.29, 1.82) is 0 Å². The molecule has 2 aromatic rings. The first kappa shape index (κ1) is 11.9. The highest BCUT2D eigenvalue weighted by atomic mass is 16.4. The first-order valence-corrected chi connectivity index (χ1v) is 5.75. The van der Waals surface area contributed by atoms with Gasteiger partial charge in [0, 0.05) is 5.56 Å². The highest BCUT2D eigenvalue weighted by Crippen LogP contribution is 2.26. The van der Waals surface area contributed by atoms with Crippen molar-refractivity contribution in [3.63, 3.8) is 0 Å². The van der Waals surface area contributed by atoms with Crippen LogP contribution in [-0.2, 0) is 0 Å². The normalized spacial score (nSPS) is 12.6. The van der Waals surface area contributed by atoms with Crippen molar-refractivity contribution in [3.8, 4) is 11.3 Å². The Morgan fingerprint density at radius 2 is 1.88 bits per heavy atom. The minimum absolute atomic E-state index is 0.446. The first-order chi connectivity index (χ1) is 8.20. The summed E-state index contributed by atoms with van der Waals surface area (Å²) in [4.78, 5) is 0. The Labute approximate surface area is 101 Å². The predicted octanol–water partition coefficient (Wildman–Crippen LogP) is 2.64. The fourth-order valence-corrected chi connectivity index (χ4v) is 1.71. The van der Waals surface area contributed by atoms with Gasteiger partial charge in [0.1, 0.15) is 17.6 Å². The molecule has 17 heavy (non-hydrogen) atoms. The average molecular weight is 231 g/mol. The summed E-state index contributed by atoms with van der Waals surface area (Å²) in [6, 6.07) is 11.8. The summed E-state index contributed by atoms with van der Waals surface area (Å²) in [5.41, 5.74) is 7.63. The molecule has 3 nitrogen and oxygen atoms in total. The van der Waals surface area contributed by atoms with Gasteiger partial charge in [0.05, 0.1) is 0 Å². The molecule has 0 aliphatic heterocycles. The lowest BCUT2D eigenvalue weighted by Gasteiger charge is -2.05. The number of aliphatic hydroxyl groups excluding tert-OH is 1. The summed E-state index contributed by atoms with van der Waals surface area (Å²) >= 11 is 0. The molecule has 0 amide bonds. The van der Waals surface area contributed by atoms with Crippen molar-refractivity contribution in [2.75, 3.05) is 6.54 Å². The van der Waals surface area contributed by atoms with E-state index in [-0.39, 0.29) is 0 Å². The van der Waals surface area contributed by atoms with Gasteiger partial charge in [-0.25, -0.2) is 0 Å². The predicted molar refractivity (Wildman–Crippen MR) is 67.5 cm³/mol. The lowest BCUT2D eigenvalue weighted by Crippen LogP contribution is -2.05. The van der Waals surface area contributed by atoms with Crippen LogP contribution in [0.25, 0.3) is 11.3 Å². The second kappa shape index (κ2) is 5.17. The molecule has 3 heteroatoms. The van der Waals surface area contributed by atoms with Crippen LogP contribution in [0.5, 0.6) is 0 Å². The van der Waals surface area contributed by atoms with E-state index >= 15 is 0 Å². The fourth-order valence-electron chi connectivity index (χ4n) is 1.71. The number of nitrogens with two attached hydrogens (primary N) is 1. The third-order valence-electron chi connectivity index (χ3n) is 2.73. The van der Waals surface area contributed by atoms with Crippen molar-refractivity contribution >= 4 is 0 Å². The molecule has 1 aromatic carbocycles. The molecule has 3 N–H and O–H groups in total. The zero-order chi connectivity index (χ0) is 12.3. The summed E-state index contributed by atoms with van der Waals surface area (Å²) in [5.74, 6) is 1.35. The van der Waals surface area contributed by atoms with E-state index in [9.17, 15) is 5.11 Å². The topological polar surface area (TPSA) is 59.4 Å².